The number of esters is 2. The first kappa shape index (κ1) is 59.0. The Bertz CT molecular complexity index is 1480. The van der Waals surface area contributed by atoms with Gasteiger partial charge in [0.2, 0.25) is 0 Å². The molecule has 0 spiro atoms. The van der Waals surface area contributed by atoms with Gasteiger partial charge in [0.25, 0.3) is 0 Å². The molecule has 3 atom stereocenters. The van der Waals surface area contributed by atoms with Gasteiger partial charge >= 0.3 is 27.6 Å². The Labute approximate surface area is 371 Å². The molecule has 0 aliphatic rings. The van der Waals surface area contributed by atoms with Crippen molar-refractivity contribution < 1.29 is 66.3 Å². The molecular formula is C46H76O14P2. The number of carbonyl (C=O) groups excluding carboxylic acids is 3. The third-order valence-electron chi connectivity index (χ3n) is 8.72. The van der Waals surface area contributed by atoms with Gasteiger partial charge in [-0.3, -0.25) is 28.0 Å². The Hall–Kier alpha value is -3.03. The number of aliphatic hydroxyl groups excluding tert-OH is 1. The Morgan fingerprint density at radius 2 is 1.00 bits per heavy atom. The van der Waals surface area contributed by atoms with Gasteiger partial charge < -0.3 is 29.3 Å². The number of rotatable bonds is 41. The van der Waals surface area contributed by atoms with Crippen LogP contribution in [0, 0.1) is 0 Å². The summed E-state index contributed by atoms with van der Waals surface area (Å²) in [5.41, 5.74) is 0. The van der Waals surface area contributed by atoms with Gasteiger partial charge in [-0.2, -0.15) is 0 Å². The number of phosphoric ester groups is 2. The van der Waals surface area contributed by atoms with E-state index in [2.05, 4.69) is 71.5 Å². The maximum Gasteiger partial charge on any atom is 0.472 e. The van der Waals surface area contributed by atoms with Crippen molar-refractivity contribution in [3.63, 3.8) is 0 Å². The second kappa shape index (κ2) is 40.7. The van der Waals surface area contributed by atoms with E-state index in [9.17, 15) is 33.5 Å². The molecule has 0 rings (SSSR count). The van der Waals surface area contributed by atoms with Crippen molar-refractivity contribution in [2.45, 2.75) is 161 Å². The molecule has 62 heavy (non-hydrogen) atoms. The lowest BCUT2D eigenvalue weighted by Crippen LogP contribution is -2.30. The van der Waals surface area contributed by atoms with Crippen molar-refractivity contribution in [3.8, 4) is 0 Å². The van der Waals surface area contributed by atoms with Crippen LogP contribution < -0.4 is 0 Å². The van der Waals surface area contributed by atoms with Gasteiger partial charge in [0.1, 0.15) is 12.7 Å². The highest BCUT2D eigenvalue weighted by molar-refractivity contribution is 7.47. The van der Waals surface area contributed by atoms with E-state index in [1.54, 1.807) is 12.2 Å². The van der Waals surface area contributed by atoms with Gasteiger partial charge in [0.05, 0.1) is 19.8 Å². The summed E-state index contributed by atoms with van der Waals surface area (Å²) in [6.45, 7) is 1.38. The first-order valence-electron chi connectivity index (χ1n) is 22.2. The van der Waals surface area contributed by atoms with E-state index < -0.39 is 66.2 Å². The molecule has 0 saturated heterocycles. The zero-order valence-corrected chi connectivity index (χ0v) is 39.0. The number of unbranched alkanes of at least 4 members (excludes halogenated alkanes) is 10. The summed E-state index contributed by atoms with van der Waals surface area (Å²) in [5.74, 6) is -1.55. The van der Waals surface area contributed by atoms with E-state index in [1.807, 2.05) is 18.2 Å². The van der Waals surface area contributed by atoms with E-state index >= 15 is 0 Å². The number of hydrogen-bond donors (Lipinski definition) is 4. The molecule has 0 heterocycles. The average Bonchev–Trinajstić information content (AvgIpc) is 3.22. The molecule has 16 heteroatoms. The zero-order valence-electron chi connectivity index (χ0n) is 37.2. The molecule has 1 unspecified atom stereocenters. The maximum absolute atomic E-state index is 12.6. The van der Waals surface area contributed by atoms with E-state index in [4.69, 9.17) is 23.8 Å². The van der Waals surface area contributed by atoms with E-state index in [0.29, 0.717) is 12.8 Å². The SMILES string of the molecule is CCCCC/C=C\C/C=C\C/C=C\C=C\C(=O)CCCC(=O)O[C@H](COC(=O)CCC/C=C\C/C=C\C/C=C\CCCCCCCC)COP(=O)(O)OC[C@@H](O)COP(=O)(O)O. The lowest BCUT2D eigenvalue weighted by atomic mass is 10.1. The molecule has 0 radical (unpaired) electrons. The minimum Gasteiger partial charge on any atom is -0.462 e. The molecule has 0 aromatic carbocycles. The Morgan fingerprint density at radius 3 is 1.61 bits per heavy atom. The van der Waals surface area contributed by atoms with Gasteiger partial charge in [0, 0.05) is 19.3 Å². The molecule has 0 bridgehead atoms. The Morgan fingerprint density at radius 1 is 0.516 bits per heavy atom. The van der Waals surface area contributed by atoms with Gasteiger partial charge in [-0.1, -0.05) is 138 Å². The third kappa shape index (κ3) is 43.6. The number of carbonyl (C=O) groups is 3. The molecule has 0 aromatic rings. The predicted octanol–water partition coefficient (Wildman–Crippen LogP) is 10.7. The summed E-state index contributed by atoms with van der Waals surface area (Å²) in [5, 5.41) is 9.74. The second-order valence-electron chi connectivity index (χ2n) is 14.6. The van der Waals surface area contributed by atoms with Crippen LogP contribution in [-0.2, 0) is 46.6 Å². The Balaban J connectivity index is 4.80. The van der Waals surface area contributed by atoms with Gasteiger partial charge in [0.15, 0.2) is 11.9 Å². The lowest BCUT2D eigenvalue weighted by molar-refractivity contribution is -0.161. The van der Waals surface area contributed by atoms with Gasteiger partial charge in [-0.05, 0) is 76.7 Å². The number of allylic oxidation sites excluding steroid dienone is 14. The molecule has 0 aliphatic carbocycles. The normalized spacial score (nSPS) is 14.7. The number of ketones is 1. The number of aliphatic hydroxyl groups is 1. The molecule has 0 aromatic heterocycles. The fourth-order valence-corrected chi connectivity index (χ4v) is 6.47. The number of ether oxygens (including phenoxy) is 2. The van der Waals surface area contributed by atoms with Crippen LogP contribution in [0.2, 0.25) is 0 Å². The van der Waals surface area contributed by atoms with Crippen LogP contribution in [0.25, 0.3) is 0 Å². The van der Waals surface area contributed by atoms with Crippen LogP contribution in [0.15, 0.2) is 85.1 Å². The van der Waals surface area contributed by atoms with Gasteiger partial charge in [-0.15, -0.1) is 0 Å². The Kier molecular flexibility index (Phi) is 38.7. The molecular weight excluding hydrogens is 838 g/mol. The topological polar surface area (TPSA) is 212 Å². The van der Waals surface area contributed by atoms with Crippen LogP contribution in [0.1, 0.15) is 149 Å². The van der Waals surface area contributed by atoms with E-state index in [-0.39, 0.29) is 31.5 Å². The highest BCUT2D eigenvalue weighted by Gasteiger charge is 2.28. The van der Waals surface area contributed by atoms with Crippen molar-refractivity contribution in [2.24, 2.45) is 0 Å². The summed E-state index contributed by atoms with van der Waals surface area (Å²) in [6.07, 6.45) is 43.1. The molecule has 4 N–H and O–H groups in total. The molecule has 354 valence electrons. The van der Waals surface area contributed by atoms with Gasteiger partial charge in [-0.25, -0.2) is 9.13 Å². The van der Waals surface area contributed by atoms with Crippen molar-refractivity contribution in [1.82, 2.24) is 0 Å². The van der Waals surface area contributed by atoms with Crippen LogP contribution in [0.3, 0.4) is 0 Å². The van der Waals surface area contributed by atoms with Crippen molar-refractivity contribution >= 4 is 33.4 Å². The fraction of sp³-hybridized carbons (Fsp3) is 0.630. The smallest absolute Gasteiger partial charge is 0.462 e. The third-order valence-corrected chi connectivity index (χ3v) is 10.2. The van der Waals surface area contributed by atoms with Crippen molar-refractivity contribution in [1.29, 1.82) is 0 Å². The maximum atomic E-state index is 12.6. The van der Waals surface area contributed by atoms with Crippen LogP contribution in [0.5, 0.6) is 0 Å². The highest BCUT2D eigenvalue weighted by Crippen LogP contribution is 2.43. The zero-order chi connectivity index (χ0) is 46.0. The largest absolute Gasteiger partial charge is 0.472 e. The van der Waals surface area contributed by atoms with Crippen LogP contribution >= 0.6 is 15.6 Å². The molecule has 0 fully saturated rings. The molecule has 0 aliphatic heterocycles. The lowest BCUT2D eigenvalue weighted by Gasteiger charge is -2.20. The first-order valence-corrected chi connectivity index (χ1v) is 25.3. The van der Waals surface area contributed by atoms with E-state index in [0.717, 1.165) is 38.5 Å². The quantitative estimate of drug-likeness (QED) is 0.0112. The van der Waals surface area contributed by atoms with Crippen molar-refractivity contribution in [3.05, 3.63) is 85.1 Å². The average molecular weight is 915 g/mol. The summed E-state index contributed by atoms with van der Waals surface area (Å²) < 4.78 is 47.5. The minimum atomic E-state index is -4.90. The monoisotopic (exact) mass is 914 g/mol. The second-order valence-corrected chi connectivity index (χ2v) is 17.3. The highest BCUT2D eigenvalue weighted by atomic mass is 31.2. The van der Waals surface area contributed by atoms with Crippen LogP contribution in [0.4, 0.5) is 0 Å². The summed E-state index contributed by atoms with van der Waals surface area (Å²) in [6, 6.07) is 0. The summed E-state index contributed by atoms with van der Waals surface area (Å²) in [4.78, 5) is 64.9. The minimum absolute atomic E-state index is 0.0647. The first-order chi connectivity index (χ1) is 29.8. The molecule has 0 saturated carbocycles. The molecule has 0 amide bonds. The number of phosphoric acid groups is 2. The van der Waals surface area contributed by atoms with Crippen LogP contribution in [-0.4, -0.2) is 76.1 Å². The molecule has 14 nitrogen and oxygen atoms in total. The fourth-order valence-electron chi connectivity index (χ4n) is 5.32. The van der Waals surface area contributed by atoms with E-state index in [1.165, 1.54) is 63.9 Å². The number of hydrogen-bond acceptors (Lipinski definition) is 11. The summed E-state index contributed by atoms with van der Waals surface area (Å²) >= 11 is 0. The summed E-state index contributed by atoms with van der Waals surface area (Å²) in [7, 11) is -9.79. The standard InChI is InChI=1S/C46H76O14P2/c1-3-5-7-9-11-13-15-17-18-19-20-22-24-26-28-30-32-36-45(49)56-40-44(41-59-62(54,55)58-39-43(48)38-57-61(51,52)53)60-46(50)37-33-35-42(47)34-31-29-27-25-23-21-16-14-12-10-8-6-4-2/h12,14,17-18,20-23,26-29,31,34,43-44,48H,3-11,13,15-16,19,24-25,30,32-33,35-41H2,1-2H3,(H,54,55)(H2,51,52,53)/b14-12-,18-17-,22-20-,23-21-,28-26-,29-27-,34-31+/t43-,44+/m0/s1. The van der Waals surface area contributed by atoms with Crippen molar-refractivity contribution in [2.75, 3.05) is 26.4 Å². The predicted molar refractivity (Wildman–Crippen MR) is 244 cm³/mol.